The van der Waals surface area contributed by atoms with Crippen molar-refractivity contribution >= 4 is 17.5 Å². The molecule has 1 amide bonds. The van der Waals surface area contributed by atoms with Crippen molar-refractivity contribution in [1.29, 1.82) is 0 Å². The van der Waals surface area contributed by atoms with Crippen molar-refractivity contribution in [2.24, 2.45) is 0 Å². The van der Waals surface area contributed by atoms with Crippen LogP contribution in [0.3, 0.4) is 0 Å². The normalized spacial score (nSPS) is 10.2. The SMILES string of the molecule is CCn1cc(Cl)cc1C(=O)NCCO. The molecule has 1 heterocycles. The van der Waals surface area contributed by atoms with Crippen molar-refractivity contribution in [2.75, 3.05) is 13.2 Å². The van der Waals surface area contributed by atoms with Crippen LogP contribution in [0.2, 0.25) is 5.02 Å². The molecule has 0 radical (unpaired) electrons. The predicted octanol–water partition coefficient (Wildman–Crippen LogP) is 0.883. The molecule has 14 heavy (non-hydrogen) atoms. The Morgan fingerprint density at radius 3 is 3.00 bits per heavy atom. The van der Waals surface area contributed by atoms with Gasteiger partial charge in [0.15, 0.2) is 0 Å². The fourth-order valence-corrected chi connectivity index (χ4v) is 1.41. The Bertz CT molecular complexity index is 323. The summed E-state index contributed by atoms with van der Waals surface area (Å²) in [6.07, 6.45) is 1.70. The van der Waals surface area contributed by atoms with Gasteiger partial charge in [0, 0.05) is 19.3 Å². The zero-order chi connectivity index (χ0) is 10.6. The largest absolute Gasteiger partial charge is 0.395 e. The van der Waals surface area contributed by atoms with Crippen LogP contribution >= 0.6 is 11.6 Å². The second kappa shape index (κ2) is 5.02. The molecule has 0 fully saturated rings. The summed E-state index contributed by atoms with van der Waals surface area (Å²) in [5, 5.41) is 11.7. The van der Waals surface area contributed by atoms with Crippen molar-refractivity contribution < 1.29 is 9.90 Å². The number of carbonyl (C=O) groups is 1. The molecule has 0 aliphatic carbocycles. The van der Waals surface area contributed by atoms with Gasteiger partial charge in [-0.05, 0) is 13.0 Å². The van der Waals surface area contributed by atoms with Gasteiger partial charge in [0.25, 0.3) is 5.91 Å². The zero-order valence-corrected chi connectivity index (χ0v) is 8.71. The molecule has 0 unspecified atom stereocenters. The molecule has 0 atom stereocenters. The zero-order valence-electron chi connectivity index (χ0n) is 7.96. The third-order valence-electron chi connectivity index (χ3n) is 1.83. The van der Waals surface area contributed by atoms with E-state index in [1.165, 1.54) is 0 Å². The summed E-state index contributed by atoms with van der Waals surface area (Å²) >= 11 is 5.77. The minimum absolute atomic E-state index is 0.0632. The highest BCUT2D eigenvalue weighted by atomic mass is 35.5. The van der Waals surface area contributed by atoms with E-state index in [-0.39, 0.29) is 19.1 Å². The monoisotopic (exact) mass is 216 g/mol. The maximum atomic E-state index is 11.5. The first-order valence-electron chi connectivity index (χ1n) is 4.43. The van der Waals surface area contributed by atoms with Gasteiger partial charge in [-0.25, -0.2) is 0 Å². The smallest absolute Gasteiger partial charge is 0.268 e. The Hall–Kier alpha value is -1.00. The lowest BCUT2D eigenvalue weighted by Crippen LogP contribution is -2.28. The van der Waals surface area contributed by atoms with Crippen LogP contribution in [-0.4, -0.2) is 28.7 Å². The first kappa shape index (κ1) is 11.1. The first-order chi connectivity index (χ1) is 6.69. The highest BCUT2D eigenvalue weighted by Crippen LogP contribution is 2.13. The molecule has 1 aromatic rings. The fraction of sp³-hybridized carbons (Fsp3) is 0.444. The Labute approximate surface area is 87.5 Å². The lowest BCUT2D eigenvalue weighted by atomic mass is 10.4. The van der Waals surface area contributed by atoms with Gasteiger partial charge < -0.3 is 15.0 Å². The highest BCUT2D eigenvalue weighted by Gasteiger charge is 2.11. The van der Waals surface area contributed by atoms with Gasteiger partial charge in [-0.2, -0.15) is 0 Å². The summed E-state index contributed by atoms with van der Waals surface area (Å²) in [4.78, 5) is 11.5. The van der Waals surface area contributed by atoms with Crippen LogP contribution in [0.25, 0.3) is 0 Å². The van der Waals surface area contributed by atoms with Gasteiger partial charge in [0.1, 0.15) is 5.69 Å². The molecule has 0 saturated carbocycles. The Balaban J connectivity index is 2.77. The molecule has 0 bridgehead atoms. The number of nitrogens with zero attached hydrogens (tertiary/aromatic N) is 1. The van der Waals surface area contributed by atoms with E-state index in [0.29, 0.717) is 17.3 Å². The lowest BCUT2D eigenvalue weighted by Gasteiger charge is -2.05. The number of aryl methyl sites for hydroxylation is 1. The predicted molar refractivity (Wildman–Crippen MR) is 54.5 cm³/mol. The van der Waals surface area contributed by atoms with E-state index in [0.717, 1.165) is 0 Å². The van der Waals surface area contributed by atoms with Crippen molar-refractivity contribution in [1.82, 2.24) is 9.88 Å². The molecular formula is C9H13ClN2O2. The van der Waals surface area contributed by atoms with Crippen molar-refractivity contribution in [3.63, 3.8) is 0 Å². The molecule has 2 N–H and O–H groups in total. The second-order valence-corrected chi connectivity index (χ2v) is 3.25. The van der Waals surface area contributed by atoms with Gasteiger partial charge in [-0.3, -0.25) is 4.79 Å². The number of aliphatic hydroxyl groups excluding tert-OH is 1. The van der Waals surface area contributed by atoms with E-state index in [2.05, 4.69) is 5.32 Å². The van der Waals surface area contributed by atoms with Gasteiger partial charge in [0.05, 0.1) is 11.6 Å². The third kappa shape index (κ3) is 2.49. The van der Waals surface area contributed by atoms with E-state index in [4.69, 9.17) is 16.7 Å². The van der Waals surface area contributed by atoms with Crippen molar-refractivity contribution in [2.45, 2.75) is 13.5 Å². The number of hydrogen-bond donors (Lipinski definition) is 2. The molecule has 0 aliphatic rings. The van der Waals surface area contributed by atoms with E-state index < -0.39 is 0 Å². The van der Waals surface area contributed by atoms with Crippen LogP contribution < -0.4 is 5.32 Å². The highest BCUT2D eigenvalue weighted by molar-refractivity contribution is 6.31. The van der Waals surface area contributed by atoms with E-state index in [1.54, 1.807) is 16.8 Å². The summed E-state index contributed by atoms with van der Waals surface area (Å²) in [6, 6.07) is 1.61. The average molecular weight is 217 g/mol. The Morgan fingerprint density at radius 1 is 1.71 bits per heavy atom. The van der Waals surface area contributed by atoms with Gasteiger partial charge >= 0.3 is 0 Å². The van der Waals surface area contributed by atoms with Crippen molar-refractivity contribution in [3.8, 4) is 0 Å². The lowest BCUT2D eigenvalue weighted by molar-refractivity contribution is 0.0935. The molecule has 0 saturated heterocycles. The van der Waals surface area contributed by atoms with Gasteiger partial charge in [-0.1, -0.05) is 11.6 Å². The van der Waals surface area contributed by atoms with Crippen LogP contribution in [0.1, 0.15) is 17.4 Å². The summed E-state index contributed by atoms with van der Waals surface area (Å²) in [5.41, 5.74) is 0.519. The minimum atomic E-state index is -0.215. The fourth-order valence-electron chi connectivity index (χ4n) is 1.19. The van der Waals surface area contributed by atoms with E-state index in [9.17, 15) is 4.79 Å². The molecule has 78 valence electrons. The van der Waals surface area contributed by atoms with Crippen LogP contribution in [-0.2, 0) is 6.54 Å². The van der Waals surface area contributed by atoms with Crippen molar-refractivity contribution in [3.05, 3.63) is 23.0 Å². The summed E-state index contributed by atoms with van der Waals surface area (Å²) in [7, 11) is 0. The maximum Gasteiger partial charge on any atom is 0.268 e. The van der Waals surface area contributed by atoms with Crippen LogP contribution in [0.5, 0.6) is 0 Å². The minimum Gasteiger partial charge on any atom is -0.395 e. The molecule has 5 heteroatoms. The number of nitrogens with one attached hydrogen (secondary N) is 1. The first-order valence-corrected chi connectivity index (χ1v) is 4.81. The van der Waals surface area contributed by atoms with Crippen LogP contribution in [0.4, 0.5) is 0 Å². The molecule has 1 rings (SSSR count). The Kier molecular flexibility index (Phi) is 3.98. The number of carbonyl (C=O) groups excluding carboxylic acids is 1. The Morgan fingerprint density at radius 2 is 2.43 bits per heavy atom. The summed E-state index contributed by atoms with van der Waals surface area (Å²) in [6.45, 7) is 2.81. The summed E-state index contributed by atoms with van der Waals surface area (Å²) < 4.78 is 1.76. The molecular weight excluding hydrogens is 204 g/mol. The quantitative estimate of drug-likeness (QED) is 0.785. The van der Waals surface area contributed by atoms with Crippen LogP contribution in [0, 0.1) is 0 Å². The number of rotatable bonds is 4. The number of halogens is 1. The van der Waals surface area contributed by atoms with Crippen LogP contribution in [0.15, 0.2) is 12.3 Å². The second-order valence-electron chi connectivity index (χ2n) is 2.81. The van der Waals surface area contributed by atoms with E-state index in [1.807, 2.05) is 6.92 Å². The topological polar surface area (TPSA) is 54.3 Å². The molecule has 1 aromatic heterocycles. The molecule has 4 nitrogen and oxygen atoms in total. The van der Waals surface area contributed by atoms with Gasteiger partial charge in [0.2, 0.25) is 0 Å². The third-order valence-corrected chi connectivity index (χ3v) is 2.04. The van der Waals surface area contributed by atoms with E-state index >= 15 is 0 Å². The standard InChI is InChI=1S/C9H13ClN2O2/c1-2-12-6-7(10)5-8(12)9(14)11-3-4-13/h5-6,13H,2-4H2,1H3,(H,11,14). The maximum absolute atomic E-state index is 11.5. The molecule has 0 spiro atoms. The summed E-state index contributed by atoms with van der Waals surface area (Å²) in [5.74, 6) is -0.215. The molecule has 0 aliphatic heterocycles. The number of amides is 1. The number of aromatic nitrogens is 1. The number of hydrogen-bond acceptors (Lipinski definition) is 2. The number of aliphatic hydroxyl groups is 1. The molecule has 0 aromatic carbocycles. The van der Waals surface area contributed by atoms with Gasteiger partial charge in [-0.15, -0.1) is 0 Å². The average Bonchev–Trinajstić information content (AvgIpc) is 2.56.